The lowest BCUT2D eigenvalue weighted by atomic mass is 10.2. The summed E-state index contributed by atoms with van der Waals surface area (Å²) < 4.78 is 1.90. The van der Waals surface area contributed by atoms with Crippen molar-refractivity contribution in [3.05, 3.63) is 71.9 Å². The molecular weight excluding hydrogens is 292 g/mol. The van der Waals surface area contributed by atoms with E-state index in [1.807, 2.05) is 59.2 Å². The Morgan fingerprint density at radius 2 is 1.70 bits per heavy atom. The first-order valence-corrected chi connectivity index (χ1v) is 7.27. The monoisotopic (exact) mass is 308 g/mol. The number of fused-ring (bicyclic) bond motifs is 1. The first-order valence-electron chi connectivity index (χ1n) is 7.27. The molecule has 3 aromatic rings. The van der Waals surface area contributed by atoms with Crippen LogP contribution in [0.15, 0.2) is 60.7 Å². The van der Waals surface area contributed by atoms with Crippen molar-refractivity contribution in [1.82, 2.24) is 9.88 Å². The van der Waals surface area contributed by atoms with Gasteiger partial charge in [0.25, 0.3) is 5.91 Å². The van der Waals surface area contributed by atoms with Crippen LogP contribution in [-0.4, -0.2) is 28.1 Å². The van der Waals surface area contributed by atoms with Crippen molar-refractivity contribution >= 4 is 22.8 Å². The summed E-state index contributed by atoms with van der Waals surface area (Å²) in [5, 5.41) is 12.1. The SMILES string of the molecule is O=C(O)CNC(=O)c1cc2ccccc2n1Cc1ccccc1. The number of carboxylic acids is 1. The van der Waals surface area contributed by atoms with E-state index in [4.69, 9.17) is 5.11 Å². The van der Waals surface area contributed by atoms with Crippen molar-refractivity contribution in [2.75, 3.05) is 6.54 Å². The van der Waals surface area contributed by atoms with Gasteiger partial charge >= 0.3 is 5.97 Å². The predicted octanol–water partition coefficient (Wildman–Crippen LogP) is 2.50. The van der Waals surface area contributed by atoms with E-state index in [9.17, 15) is 9.59 Å². The van der Waals surface area contributed by atoms with Gasteiger partial charge in [-0.25, -0.2) is 0 Å². The third kappa shape index (κ3) is 3.23. The molecular formula is C18H16N2O3. The highest BCUT2D eigenvalue weighted by Crippen LogP contribution is 2.21. The number of aromatic nitrogens is 1. The second-order valence-corrected chi connectivity index (χ2v) is 5.24. The summed E-state index contributed by atoms with van der Waals surface area (Å²) in [5.41, 5.74) is 2.47. The number of nitrogens with one attached hydrogen (secondary N) is 1. The quantitative estimate of drug-likeness (QED) is 0.761. The largest absolute Gasteiger partial charge is 0.480 e. The fraction of sp³-hybridized carbons (Fsp3) is 0.111. The molecule has 0 unspecified atom stereocenters. The molecule has 2 aromatic carbocycles. The number of hydrogen-bond acceptors (Lipinski definition) is 2. The van der Waals surface area contributed by atoms with Gasteiger partial charge in [0.05, 0.1) is 0 Å². The standard InChI is InChI=1S/C18H16N2O3/c21-17(22)11-19-18(23)16-10-14-8-4-5-9-15(14)20(16)12-13-6-2-1-3-7-13/h1-10H,11-12H2,(H,19,23)(H,21,22). The summed E-state index contributed by atoms with van der Waals surface area (Å²) in [6.07, 6.45) is 0. The minimum atomic E-state index is -1.07. The van der Waals surface area contributed by atoms with Gasteiger partial charge in [-0.15, -0.1) is 0 Å². The van der Waals surface area contributed by atoms with Gasteiger partial charge in [-0.3, -0.25) is 9.59 Å². The molecule has 0 atom stereocenters. The van der Waals surface area contributed by atoms with Crippen molar-refractivity contribution in [2.45, 2.75) is 6.54 Å². The molecule has 23 heavy (non-hydrogen) atoms. The lowest BCUT2D eigenvalue weighted by Gasteiger charge is -2.10. The van der Waals surface area contributed by atoms with Gasteiger partial charge in [0, 0.05) is 17.4 Å². The van der Waals surface area contributed by atoms with Gasteiger partial charge in [-0.1, -0.05) is 48.5 Å². The van der Waals surface area contributed by atoms with Gasteiger partial charge in [0.1, 0.15) is 12.2 Å². The Morgan fingerprint density at radius 3 is 2.43 bits per heavy atom. The zero-order valence-corrected chi connectivity index (χ0v) is 12.4. The zero-order chi connectivity index (χ0) is 16.2. The summed E-state index contributed by atoms with van der Waals surface area (Å²) in [6.45, 7) is 0.149. The molecule has 0 aliphatic rings. The van der Waals surface area contributed by atoms with Crippen LogP contribution in [0.2, 0.25) is 0 Å². The third-order valence-corrected chi connectivity index (χ3v) is 3.63. The minimum absolute atomic E-state index is 0.389. The summed E-state index contributed by atoms with van der Waals surface area (Å²) >= 11 is 0. The lowest BCUT2D eigenvalue weighted by Crippen LogP contribution is -2.30. The molecule has 0 fully saturated rings. The number of carbonyl (C=O) groups is 2. The smallest absolute Gasteiger partial charge is 0.322 e. The van der Waals surface area contributed by atoms with Crippen LogP contribution >= 0.6 is 0 Å². The van der Waals surface area contributed by atoms with Crippen molar-refractivity contribution in [1.29, 1.82) is 0 Å². The van der Waals surface area contributed by atoms with Gasteiger partial charge < -0.3 is 15.0 Å². The molecule has 5 heteroatoms. The normalized spacial score (nSPS) is 10.6. The highest BCUT2D eigenvalue weighted by molar-refractivity contribution is 5.99. The van der Waals surface area contributed by atoms with Crippen molar-refractivity contribution in [3.63, 3.8) is 0 Å². The molecule has 0 spiro atoms. The molecule has 0 radical (unpaired) electrons. The van der Waals surface area contributed by atoms with E-state index in [0.29, 0.717) is 12.2 Å². The van der Waals surface area contributed by atoms with Gasteiger partial charge in [0.2, 0.25) is 0 Å². The van der Waals surface area contributed by atoms with Gasteiger partial charge in [0.15, 0.2) is 0 Å². The number of rotatable bonds is 5. The second kappa shape index (κ2) is 6.36. The van der Waals surface area contributed by atoms with Crippen LogP contribution < -0.4 is 5.32 Å². The molecule has 116 valence electrons. The number of hydrogen-bond donors (Lipinski definition) is 2. The van der Waals surface area contributed by atoms with Gasteiger partial charge in [-0.05, 0) is 17.7 Å². The molecule has 2 N–H and O–H groups in total. The van der Waals surface area contributed by atoms with Crippen molar-refractivity contribution < 1.29 is 14.7 Å². The maximum absolute atomic E-state index is 12.3. The van der Waals surface area contributed by atoms with E-state index in [1.165, 1.54) is 0 Å². The molecule has 1 heterocycles. The molecule has 3 rings (SSSR count). The Hall–Kier alpha value is -3.08. The number of benzene rings is 2. The van der Waals surface area contributed by atoms with E-state index in [-0.39, 0.29) is 5.91 Å². The predicted molar refractivity (Wildman–Crippen MR) is 87.5 cm³/mol. The van der Waals surface area contributed by atoms with Crippen LogP contribution in [0.3, 0.4) is 0 Å². The molecule has 0 bridgehead atoms. The van der Waals surface area contributed by atoms with E-state index in [2.05, 4.69) is 5.32 Å². The Labute approximate surface area is 133 Å². The summed E-state index contributed by atoms with van der Waals surface area (Å²) in [5.74, 6) is -1.45. The van der Waals surface area contributed by atoms with Crippen LogP contribution in [0.5, 0.6) is 0 Å². The Bertz CT molecular complexity index is 853. The van der Waals surface area contributed by atoms with Crippen LogP contribution in [0, 0.1) is 0 Å². The minimum Gasteiger partial charge on any atom is -0.480 e. The Morgan fingerprint density at radius 1 is 1.00 bits per heavy atom. The van der Waals surface area contributed by atoms with Crippen LogP contribution in [0.4, 0.5) is 0 Å². The number of amides is 1. The van der Waals surface area contributed by atoms with Crippen LogP contribution in [-0.2, 0) is 11.3 Å². The molecule has 1 amide bonds. The topological polar surface area (TPSA) is 71.3 Å². The van der Waals surface area contributed by atoms with Crippen LogP contribution in [0.25, 0.3) is 10.9 Å². The number of aliphatic carboxylic acids is 1. The number of para-hydroxylation sites is 1. The average Bonchev–Trinajstić information content (AvgIpc) is 2.92. The van der Waals surface area contributed by atoms with E-state index in [1.54, 1.807) is 6.07 Å². The highest BCUT2D eigenvalue weighted by Gasteiger charge is 2.16. The van der Waals surface area contributed by atoms with E-state index in [0.717, 1.165) is 16.5 Å². The van der Waals surface area contributed by atoms with Crippen molar-refractivity contribution in [3.8, 4) is 0 Å². The van der Waals surface area contributed by atoms with E-state index < -0.39 is 12.5 Å². The summed E-state index contributed by atoms with van der Waals surface area (Å²) in [4.78, 5) is 23.0. The first-order chi connectivity index (χ1) is 11.1. The molecule has 0 aliphatic carbocycles. The van der Waals surface area contributed by atoms with Crippen LogP contribution in [0.1, 0.15) is 16.1 Å². The first kappa shape index (κ1) is 14.8. The fourth-order valence-corrected chi connectivity index (χ4v) is 2.58. The summed E-state index contributed by atoms with van der Waals surface area (Å²) in [6, 6.07) is 19.3. The number of carbonyl (C=O) groups excluding carboxylic acids is 1. The molecule has 1 aromatic heterocycles. The zero-order valence-electron chi connectivity index (χ0n) is 12.4. The second-order valence-electron chi connectivity index (χ2n) is 5.24. The maximum Gasteiger partial charge on any atom is 0.322 e. The maximum atomic E-state index is 12.3. The lowest BCUT2D eigenvalue weighted by molar-refractivity contribution is -0.135. The fourth-order valence-electron chi connectivity index (χ4n) is 2.58. The molecule has 0 saturated heterocycles. The highest BCUT2D eigenvalue weighted by atomic mass is 16.4. The number of nitrogens with zero attached hydrogens (tertiary/aromatic N) is 1. The molecule has 5 nitrogen and oxygen atoms in total. The Kier molecular flexibility index (Phi) is 4.10. The van der Waals surface area contributed by atoms with Gasteiger partial charge in [-0.2, -0.15) is 0 Å². The van der Waals surface area contributed by atoms with Crippen molar-refractivity contribution in [2.24, 2.45) is 0 Å². The average molecular weight is 308 g/mol. The number of carboxylic acid groups (broad SMARTS) is 1. The summed E-state index contributed by atoms with van der Waals surface area (Å²) in [7, 11) is 0. The molecule has 0 saturated carbocycles. The molecule has 0 aliphatic heterocycles. The van der Waals surface area contributed by atoms with E-state index >= 15 is 0 Å². The third-order valence-electron chi connectivity index (χ3n) is 3.63. The Balaban J connectivity index is 2.01.